The Balaban J connectivity index is 1.91. The van der Waals surface area contributed by atoms with E-state index in [0.717, 1.165) is 54.7 Å². The van der Waals surface area contributed by atoms with Crippen LogP contribution in [0.1, 0.15) is 36.1 Å². The number of nitrogens with one attached hydrogen (secondary N) is 2. The normalized spacial score (nSPS) is 11.7. The SMILES string of the molecule is CCCNC(=NCc1c(C)noc1C)NCCc1ccco1. The van der Waals surface area contributed by atoms with Gasteiger partial charge in [-0.25, -0.2) is 4.99 Å². The molecule has 2 N–H and O–H groups in total. The van der Waals surface area contributed by atoms with Crippen LogP contribution in [0.3, 0.4) is 0 Å². The second kappa shape index (κ2) is 8.26. The van der Waals surface area contributed by atoms with Gasteiger partial charge in [-0.2, -0.15) is 0 Å². The van der Waals surface area contributed by atoms with Crippen LogP contribution in [0.2, 0.25) is 0 Å². The maximum atomic E-state index is 5.33. The van der Waals surface area contributed by atoms with Crippen LogP contribution in [0.25, 0.3) is 0 Å². The Morgan fingerprint density at radius 2 is 2.09 bits per heavy atom. The van der Waals surface area contributed by atoms with Crippen LogP contribution in [-0.4, -0.2) is 24.2 Å². The van der Waals surface area contributed by atoms with Crippen LogP contribution in [-0.2, 0) is 13.0 Å². The summed E-state index contributed by atoms with van der Waals surface area (Å²) in [6, 6.07) is 3.87. The molecule has 0 spiro atoms. The van der Waals surface area contributed by atoms with Crippen molar-refractivity contribution >= 4 is 5.96 Å². The molecule has 2 rings (SSSR count). The van der Waals surface area contributed by atoms with E-state index in [2.05, 4.69) is 27.7 Å². The molecule has 0 saturated carbocycles. The smallest absolute Gasteiger partial charge is 0.191 e. The van der Waals surface area contributed by atoms with E-state index in [4.69, 9.17) is 8.94 Å². The maximum Gasteiger partial charge on any atom is 0.191 e. The van der Waals surface area contributed by atoms with Crippen LogP contribution < -0.4 is 10.6 Å². The van der Waals surface area contributed by atoms with E-state index in [1.54, 1.807) is 6.26 Å². The van der Waals surface area contributed by atoms with Crippen molar-refractivity contribution in [2.24, 2.45) is 4.99 Å². The third-order valence-electron chi connectivity index (χ3n) is 3.36. The maximum absolute atomic E-state index is 5.33. The third-order valence-corrected chi connectivity index (χ3v) is 3.36. The highest BCUT2D eigenvalue weighted by Gasteiger charge is 2.08. The van der Waals surface area contributed by atoms with Gasteiger partial charge in [0.15, 0.2) is 5.96 Å². The zero-order valence-electron chi connectivity index (χ0n) is 13.5. The summed E-state index contributed by atoms with van der Waals surface area (Å²) >= 11 is 0. The Hall–Kier alpha value is -2.24. The highest BCUT2D eigenvalue weighted by molar-refractivity contribution is 5.79. The van der Waals surface area contributed by atoms with Gasteiger partial charge < -0.3 is 19.6 Å². The summed E-state index contributed by atoms with van der Waals surface area (Å²) in [5.74, 6) is 2.59. The predicted molar refractivity (Wildman–Crippen MR) is 85.8 cm³/mol. The molecule has 2 aromatic heterocycles. The summed E-state index contributed by atoms with van der Waals surface area (Å²) in [6.45, 7) is 8.18. The fourth-order valence-electron chi connectivity index (χ4n) is 2.06. The van der Waals surface area contributed by atoms with E-state index in [9.17, 15) is 0 Å². The molecule has 6 heteroatoms. The van der Waals surface area contributed by atoms with E-state index in [-0.39, 0.29) is 0 Å². The van der Waals surface area contributed by atoms with Gasteiger partial charge in [0.05, 0.1) is 18.5 Å². The fourth-order valence-corrected chi connectivity index (χ4v) is 2.06. The van der Waals surface area contributed by atoms with Crippen molar-refractivity contribution in [2.45, 2.75) is 40.2 Å². The van der Waals surface area contributed by atoms with Crippen molar-refractivity contribution in [2.75, 3.05) is 13.1 Å². The molecule has 0 fully saturated rings. The summed E-state index contributed by atoms with van der Waals surface area (Å²) in [4.78, 5) is 4.61. The summed E-state index contributed by atoms with van der Waals surface area (Å²) in [5, 5.41) is 10.6. The number of nitrogens with zero attached hydrogens (tertiary/aromatic N) is 2. The molecule has 0 aromatic carbocycles. The van der Waals surface area contributed by atoms with Gasteiger partial charge in [0.2, 0.25) is 0 Å². The molecule has 22 heavy (non-hydrogen) atoms. The fraction of sp³-hybridized carbons (Fsp3) is 0.500. The molecule has 0 atom stereocenters. The van der Waals surface area contributed by atoms with Crippen molar-refractivity contribution in [1.82, 2.24) is 15.8 Å². The Morgan fingerprint density at radius 1 is 1.27 bits per heavy atom. The van der Waals surface area contributed by atoms with Crippen LogP contribution in [0, 0.1) is 13.8 Å². The summed E-state index contributed by atoms with van der Waals surface area (Å²) < 4.78 is 10.5. The Labute approximate surface area is 131 Å². The average molecular weight is 304 g/mol. The van der Waals surface area contributed by atoms with Crippen molar-refractivity contribution in [3.63, 3.8) is 0 Å². The van der Waals surface area contributed by atoms with Gasteiger partial charge in [0.25, 0.3) is 0 Å². The molecule has 2 heterocycles. The second-order valence-electron chi connectivity index (χ2n) is 5.15. The quantitative estimate of drug-likeness (QED) is 0.607. The van der Waals surface area contributed by atoms with E-state index in [1.165, 1.54) is 0 Å². The second-order valence-corrected chi connectivity index (χ2v) is 5.15. The number of aliphatic imine (C=N–C) groups is 1. The minimum Gasteiger partial charge on any atom is -0.469 e. The molecule has 0 unspecified atom stereocenters. The summed E-state index contributed by atoms with van der Waals surface area (Å²) in [6.07, 6.45) is 3.56. The number of rotatable bonds is 7. The van der Waals surface area contributed by atoms with Gasteiger partial charge in [-0.1, -0.05) is 12.1 Å². The van der Waals surface area contributed by atoms with Crippen molar-refractivity contribution in [3.05, 3.63) is 41.2 Å². The highest BCUT2D eigenvalue weighted by atomic mass is 16.5. The van der Waals surface area contributed by atoms with Crippen molar-refractivity contribution in [1.29, 1.82) is 0 Å². The Kier molecular flexibility index (Phi) is 6.06. The van der Waals surface area contributed by atoms with Gasteiger partial charge >= 0.3 is 0 Å². The topological polar surface area (TPSA) is 75.6 Å². The zero-order chi connectivity index (χ0) is 15.8. The Morgan fingerprint density at radius 3 is 2.73 bits per heavy atom. The molecule has 0 radical (unpaired) electrons. The van der Waals surface area contributed by atoms with E-state index < -0.39 is 0 Å². The number of hydrogen-bond acceptors (Lipinski definition) is 4. The molecular formula is C16H24N4O2. The lowest BCUT2D eigenvalue weighted by Gasteiger charge is -2.11. The number of aromatic nitrogens is 1. The molecule has 0 amide bonds. The van der Waals surface area contributed by atoms with Crippen molar-refractivity contribution in [3.8, 4) is 0 Å². The molecule has 0 bridgehead atoms. The highest BCUT2D eigenvalue weighted by Crippen LogP contribution is 2.12. The van der Waals surface area contributed by atoms with E-state index >= 15 is 0 Å². The zero-order valence-corrected chi connectivity index (χ0v) is 13.5. The number of hydrogen-bond donors (Lipinski definition) is 2. The molecule has 120 valence electrons. The summed E-state index contributed by atoms with van der Waals surface area (Å²) in [5.41, 5.74) is 1.94. The van der Waals surface area contributed by atoms with Gasteiger partial charge in [-0.05, 0) is 32.4 Å². The molecule has 6 nitrogen and oxygen atoms in total. The number of guanidine groups is 1. The van der Waals surface area contributed by atoms with Gasteiger partial charge in [-0.15, -0.1) is 0 Å². The standard InChI is InChI=1S/C16H24N4O2/c1-4-8-17-16(18-9-7-14-6-5-10-21-14)19-11-15-12(2)20-22-13(15)3/h5-6,10H,4,7-9,11H2,1-3H3,(H2,17,18,19). The lowest BCUT2D eigenvalue weighted by atomic mass is 10.2. The minimum atomic E-state index is 0.557. The first kappa shape index (κ1) is 16.1. The van der Waals surface area contributed by atoms with Crippen LogP contribution in [0.15, 0.2) is 32.3 Å². The van der Waals surface area contributed by atoms with Gasteiger partial charge in [0, 0.05) is 25.1 Å². The first-order valence-corrected chi connectivity index (χ1v) is 7.67. The first-order chi connectivity index (χ1) is 10.7. The van der Waals surface area contributed by atoms with Crippen molar-refractivity contribution < 1.29 is 8.94 Å². The lowest BCUT2D eigenvalue weighted by molar-refractivity contribution is 0.392. The molecule has 0 saturated heterocycles. The first-order valence-electron chi connectivity index (χ1n) is 7.67. The van der Waals surface area contributed by atoms with Gasteiger partial charge in [0.1, 0.15) is 11.5 Å². The molecule has 2 aromatic rings. The third kappa shape index (κ3) is 4.65. The molecular weight excluding hydrogens is 280 g/mol. The molecule has 0 aliphatic rings. The molecule has 0 aliphatic heterocycles. The monoisotopic (exact) mass is 304 g/mol. The average Bonchev–Trinajstić information content (AvgIpc) is 3.13. The minimum absolute atomic E-state index is 0.557. The summed E-state index contributed by atoms with van der Waals surface area (Å²) in [7, 11) is 0. The van der Waals surface area contributed by atoms with Gasteiger partial charge in [-0.3, -0.25) is 0 Å². The number of aryl methyl sites for hydroxylation is 2. The lowest BCUT2D eigenvalue weighted by Crippen LogP contribution is -2.38. The predicted octanol–water partition coefficient (Wildman–Crippen LogP) is 2.57. The van der Waals surface area contributed by atoms with Crippen LogP contribution >= 0.6 is 0 Å². The van der Waals surface area contributed by atoms with E-state index in [0.29, 0.717) is 6.54 Å². The Bertz CT molecular complexity index is 568. The largest absolute Gasteiger partial charge is 0.469 e. The number of furan rings is 1. The van der Waals surface area contributed by atoms with Crippen LogP contribution in [0.4, 0.5) is 0 Å². The van der Waals surface area contributed by atoms with E-state index in [1.807, 2.05) is 26.0 Å². The molecule has 0 aliphatic carbocycles. The van der Waals surface area contributed by atoms with Crippen LogP contribution in [0.5, 0.6) is 0 Å².